The summed E-state index contributed by atoms with van der Waals surface area (Å²) in [6.45, 7) is 2.14. The SMILES string of the molecule is CCC(C)(O)C(O)C(=O)OCc1ccc(OC2OC(CO)C(O)C(O)C2O)c(OC)c1. The van der Waals surface area contributed by atoms with Gasteiger partial charge in [0, 0.05) is 0 Å². The van der Waals surface area contributed by atoms with Crippen molar-refractivity contribution in [2.45, 2.75) is 69.3 Å². The number of methoxy groups -OCH3 is 1. The Labute approximate surface area is 179 Å². The lowest BCUT2D eigenvalue weighted by atomic mass is 9.96. The first-order chi connectivity index (χ1) is 14.5. The van der Waals surface area contributed by atoms with Gasteiger partial charge in [-0.25, -0.2) is 4.79 Å². The minimum atomic E-state index is -1.70. The number of hydrogen-bond donors (Lipinski definition) is 6. The molecule has 31 heavy (non-hydrogen) atoms. The summed E-state index contributed by atoms with van der Waals surface area (Å²) in [5.41, 5.74) is -1.13. The number of carbonyl (C=O) groups is 1. The maximum atomic E-state index is 12.0. The van der Waals surface area contributed by atoms with Crippen molar-refractivity contribution in [1.82, 2.24) is 0 Å². The van der Waals surface area contributed by atoms with Crippen LogP contribution in [-0.2, 0) is 20.9 Å². The predicted octanol–water partition coefficient (Wildman–Crippen LogP) is -1.56. The quantitative estimate of drug-likeness (QED) is 0.242. The van der Waals surface area contributed by atoms with Gasteiger partial charge >= 0.3 is 5.97 Å². The highest BCUT2D eigenvalue weighted by atomic mass is 16.7. The second-order valence-corrected chi connectivity index (χ2v) is 7.52. The van der Waals surface area contributed by atoms with Crippen LogP contribution in [0.4, 0.5) is 0 Å². The smallest absolute Gasteiger partial charge is 0.338 e. The minimum Gasteiger partial charge on any atom is -0.493 e. The molecule has 0 aliphatic carbocycles. The largest absolute Gasteiger partial charge is 0.493 e. The molecule has 11 nitrogen and oxygen atoms in total. The van der Waals surface area contributed by atoms with E-state index in [1.165, 1.54) is 32.2 Å². The molecule has 6 N–H and O–H groups in total. The van der Waals surface area contributed by atoms with Crippen LogP contribution in [0.25, 0.3) is 0 Å². The van der Waals surface area contributed by atoms with Crippen molar-refractivity contribution in [3.63, 3.8) is 0 Å². The number of esters is 1. The minimum absolute atomic E-state index is 0.121. The van der Waals surface area contributed by atoms with Crippen LogP contribution in [0.1, 0.15) is 25.8 Å². The molecule has 1 aromatic rings. The molecule has 2 rings (SSSR count). The molecule has 0 radical (unpaired) electrons. The molecular weight excluding hydrogens is 416 g/mol. The number of ether oxygens (including phenoxy) is 4. The molecule has 1 aliphatic rings. The van der Waals surface area contributed by atoms with Crippen LogP contribution in [0.15, 0.2) is 18.2 Å². The lowest BCUT2D eigenvalue weighted by molar-refractivity contribution is -0.277. The molecule has 0 aromatic heterocycles. The van der Waals surface area contributed by atoms with E-state index in [9.17, 15) is 35.4 Å². The van der Waals surface area contributed by atoms with Crippen molar-refractivity contribution in [3.8, 4) is 11.5 Å². The van der Waals surface area contributed by atoms with E-state index in [0.717, 1.165) is 0 Å². The zero-order valence-corrected chi connectivity index (χ0v) is 17.5. The lowest BCUT2D eigenvalue weighted by Crippen LogP contribution is -2.60. The predicted molar refractivity (Wildman–Crippen MR) is 104 cm³/mol. The van der Waals surface area contributed by atoms with Gasteiger partial charge in [0.05, 0.1) is 19.3 Å². The summed E-state index contributed by atoms with van der Waals surface area (Å²) in [7, 11) is 1.35. The maximum absolute atomic E-state index is 12.0. The van der Waals surface area contributed by atoms with Crippen LogP contribution in [0.3, 0.4) is 0 Å². The third-order valence-electron chi connectivity index (χ3n) is 5.23. The molecule has 11 heteroatoms. The van der Waals surface area contributed by atoms with Crippen LogP contribution in [0.2, 0.25) is 0 Å². The van der Waals surface area contributed by atoms with Crippen molar-refractivity contribution >= 4 is 5.97 Å². The Morgan fingerprint density at radius 2 is 1.87 bits per heavy atom. The average molecular weight is 446 g/mol. The van der Waals surface area contributed by atoms with E-state index in [4.69, 9.17) is 18.9 Å². The first-order valence-corrected chi connectivity index (χ1v) is 9.76. The molecule has 1 saturated heterocycles. The molecule has 1 fully saturated rings. The van der Waals surface area contributed by atoms with E-state index in [0.29, 0.717) is 5.56 Å². The van der Waals surface area contributed by atoms with Crippen LogP contribution in [0, 0.1) is 0 Å². The number of aliphatic hydroxyl groups is 6. The molecule has 0 spiro atoms. The Bertz CT molecular complexity index is 736. The van der Waals surface area contributed by atoms with Gasteiger partial charge < -0.3 is 49.6 Å². The Hall–Kier alpha value is -1.99. The van der Waals surface area contributed by atoms with Crippen molar-refractivity contribution in [3.05, 3.63) is 23.8 Å². The van der Waals surface area contributed by atoms with Gasteiger partial charge in [-0.15, -0.1) is 0 Å². The zero-order chi connectivity index (χ0) is 23.3. The monoisotopic (exact) mass is 446 g/mol. The molecule has 1 aliphatic heterocycles. The highest BCUT2D eigenvalue weighted by Crippen LogP contribution is 2.32. The van der Waals surface area contributed by atoms with E-state index in [1.54, 1.807) is 6.92 Å². The van der Waals surface area contributed by atoms with E-state index in [-0.39, 0.29) is 24.5 Å². The summed E-state index contributed by atoms with van der Waals surface area (Å²) in [5, 5.41) is 58.9. The standard InChI is InChI=1S/C20H30O11/c1-4-20(2,27)17(25)18(26)29-9-10-5-6-11(12(7-10)28-3)30-19-16(24)15(23)14(22)13(8-21)31-19/h5-7,13-17,19,21-25,27H,4,8-9H2,1-3H3. The first-order valence-electron chi connectivity index (χ1n) is 9.76. The topological polar surface area (TPSA) is 175 Å². The van der Waals surface area contributed by atoms with E-state index in [2.05, 4.69) is 0 Å². The lowest BCUT2D eigenvalue weighted by Gasteiger charge is -2.39. The fraction of sp³-hybridized carbons (Fsp3) is 0.650. The third kappa shape index (κ3) is 5.83. The number of hydrogen-bond acceptors (Lipinski definition) is 11. The zero-order valence-electron chi connectivity index (χ0n) is 17.5. The fourth-order valence-electron chi connectivity index (χ4n) is 2.87. The third-order valence-corrected chi connectivity index (χ3v) is 5.23. The summed E-state index contributed by atoms with van der Waals surface area (Å²) < 4.78 is 21.1. The van der Waals surface area contributed by atoms with Crippen LogP contribution in [-0.4, -0.2) is 92.7 Å². The Morgan fingerprint density at radius 3 is 2.45 bits per heavy atom. The Kier molecular flexibility index (Phi) is 8.60. The van der Waals surface area contributed by atoms with Gasteiger partial charge in [-0.2, -0.15) is 0 Å². The van der Waals surface area contributed by atoms with E-state index >= 15 is 0 Å². The first kappa shape index (κ1) is 25.3. The van der Waals surface area contributed by atoms with E-state index < -0.39 is 55.0 Å². The average Bonchev–Trinajstić information content (AvgIpc) is 2.77. The molecule has 7 unspecified atom stereocenters. The fourth-order valence-corrected chi connectivity index (χ4v) is 2.87. The highest BCUT2D eigenvalue weighted by Gasteiger charge is 2.45. The van der Waals surface area contributed by atoms with Gasteiger partial charge in [-0.3, -0.25) is 0 Å². The van der Waals surface area contributed by atoms with Crippen molar-refractivity contribution in [2.24, 2.45) is 0 Å². The van der Waals surface area contributed by atoms with Gasteiger partial charge in [0.15, 0.2) is 17.6 Å². The molecule has 1 aromatic carbocycles. The Balaban J connectivity index is 2.07. The highest BCUT2D eigenvalue weighted by molar-refractivity contribution is 5.75. The summed E-state index contributed by atoms with van der Waals surface area (Å²) >= 11 is 0. The van der Waals surface area contributed by atoms with E-state index in [1.807, 2.05) is 0 Å². The number of rotatable bonds is 9. The number of carbonyl (C=O) groups excluding carboxylic acids is 1. The van der Waals surface area contributed by atoms with Crippen molar-refractivity contribution < 1.29 is 54.4 Å². The molecule has 176 valence electrons. The second kappa shape index (κ2) is 10.6. The summed E-state index contributed by atoms with van der Waals surface area (Å²) in [6, 6.07) is 4.46. The van der Waals surface area contributed by atoms with Crippen LogP contribution < -0.4 is 9.47 Å². The normalized spacial score (nSPS) is 29.0. The van der Waals surface area contributed by atoms with Crippen LogP contribution in [0.5, 0.6) is 11.5 Å². The van der Waals surface area contributed by atoms with Gasteiger partial charge in [-0.05, 0) is 31.0 Å². The van der Waals surface area contributed by atoms with Gasteiger partial charge in [0.1, 0.15) is 31.0 Å². The second-order valence-electron chi connectivity index (χ2n) is 7.52. The van der Waals surface area contributed by atoms with Crippen molar-refractivity contribution in [1.29, 1.82) is 0 Å². The van der Waals surface area contributed by atoms with Crippen LogP contribution >= 0.6 is 0 Å². The summed E-state index contributed by atoms with van der Waals surface area (Å²) in [4.78, 5) is 12.0. The summed E-state index contributed by atoms with van der Waals surface area (Å²) in [6.07, 6.45) is -8.75. The molecule has 7 atom stereocenters. The molecule has 0 amide bonds. The maximum Gasteiger partial charge on any atom is 0.338 e. The molecule has 1 heterocycles. The number of aliphatic hydroxyl groups excluding tert-OH is 5. The van der Waals surface area contributed by atoms with Gasteiger partial charge in [0.25, 0.3) is 0 Å². The molecule has 0 saturated carbocycles. The molecular formula is C20H30O11. The molecule has 0 bridgehead atoms. The summed E-state index contributed by atoms with van der Waals surface area (Å²) in [5.74, 6) is -0.671. The number of benzene rings is 1. The van der Waals surface area contributed by atoms with Gasteiger partial charge in [0.2, 0.25) is 6.29 Å². The van der Waals surface area contributed by atoms with Crippen molar-refractivity contribution in [2.75, 3.05) is 13.7 Å². The van der Waals surface area contributed by atoms with Gasteiger partial charge in [-0.1, -0.05) is 13.0 Å². The Morgan fingerprint density at radius 1 is 1.19 bits per heavy atom.